The third-order valence-corrected chi connectivity index (χ3v) is 7.57. The first-order valence-corrected chi connectivity index (χ1v) is 14.5. The quantitative estimate of drug-likeness (QED) is 0.169. The second-order valence-corrected chi connectivity index (χ2v) is 10.6. The van der Waals surface area contributed by atoms with Crippen molar-refractivity contribution in [2.75, 3.05) is 0 Å². The van der Waals surface area contributed by atoms with E-state index in [1.54, 1.807) is 0 Å². The van der Waals surface area contributed by atoms with Gasteiger partial charge in [0.1, 0.15) is 11.6 Å². The molecule has 6 aromatic carbocycles. The Morgan fingerprint density at radius 1 is 0.386 bits per heavy atom. The van der Waals surface area contributed by atoms with E-state index in [1.165, 1.54) is 24.3 Å². The molecule has 0 aliphatic heterocycles. The van der Waals surface area contributed by atoms with E-state index in [1.807, 2.05) is 135 Å². The zero-order valence-corrected chi connectivity index (χ0v) is 24.5. The van der Waals surface area contributed by atoms with Gasteiger partial charge in [0.25, 0.3) is 0 Å². The predicted molar refractivity (Wildman–Crippen MR) is 180 cm³/mol. The van der Waals surface area contributed by atoms with Crippen LogP contribution in [0.5, 0.6) is 0 Å². The zero-order chi connectivity index (χ0) is 30.5. The van der Waals surface area contributed by atoms with Gasteiger partial charge < -0.3 is 0 Å². The van der Waals surface area contributed by atoms with Crippen molar-refractivity contribution in [1.29, 1.82) is 0 Å². The van der Waals surface area contributed by atoms with Gasteiger partial charge in [-0.25, -0.2) is 8.78 Å². The Hall–Kier alpha value is -5.48. The maximum Gasteiger partial charge on any atom is 0.124 e. The normalized spacial score (nSPS) is 11.9. The van der Waals surface area contributed by atoms with Gasteiger partial charge in [-0.2, -0.15) is 0 Å². The Morgan fingerprint density at radius 2 is 0.614 bits per heavy atom. The molecule has 4 heteroatoms. The summed E-state index contributed by atoms with van der Waals surface area (Å²) in [6, 6.07) is 44.9. The minimum absolute atomic E-state index is 0.337. The van der Waals surface area contributed by atoms with Crippen molar-refractivity contribution in [2.45, 2.75) is 13.8 Å². The number of rotatable bonds is 7. The fourth-order valence-electron chi connectivity index (χ4n) is 5.29. The fraction of sp³-hybridized carbons (Fsp3) is 0.0500. The van der Waals surface area contributed by atoms with E-state index < -0.39 is 0 Å². The van der Waals surface area contributed by atoms with Crippen LogP contribution in [0.25, 0.3) is 44.5 Å². The summed E-state index contributed by atoms with van der Waals surface area (Å²) in [4.78, 5) is 10.2. The molecule has 0 atom stereocenters. The molecule has 0 radical (unpaired) electrons. The van der Waals surface area contributed by atoms with E-state index in [-0.39, 0.29) is 11.6 Å². The van der Waals surface area contributed by atoms with E-state index in [9.17, 15) is 0 Å². The molecule has 0 heterocycles. The average Bonchev–Trinajstić information content (AvgIpc) is 3.07. The number of hydrogen-bond donors (Lipinski definition) is 0. The van der Waals surface area contributed by atoms with Crippen molar-refractivity contribution >= 4 is 22.8 Å². The van der Waals surface area contributed by atoms with Gasteiger partial charge in [0.05, 0.1) is 22.8 Å². The molecule has 2 nitrogen and oxygen atoms in total. The van der Waals surface area contributed by atoms with Gasteiger partial charge in [-0.05, 0) is 60.4 Å². The number of hydrogen-bond acceptors (Lipinski definition) is 2. The molecule has 6 aromatic rings. The lowest BCUT2D eigenvalue weighted by atomic mass is 9.95. The van der Waals surface area contributed by atoms with Crippen LogP contribution >= 0.6 is 0 Å². The Balaban J connectivity index is 1.56. The van der Waals surface area contributed by atoms with Crippen molar-refractivity contribution in [3.8, 4) is 44.5 Å². The second kappa shape index (κ2) is 12.8. The molecule has 0 N–H and O–H groups in total. The Labute approximate surface area is 256 Å². The Morgan fingerprint density at radius 3 is 0.841 bits per heavy atom. The van der Waals surface area contributed by atoms with Crippen LogP contribution in [-0.2, 0) is 0 Å². The molecule has 0 spiro atoms. The first-order chi connectivity index (χ1) is 21.5. The lowest BCUT2D eigenvalue weighted by Gasteiger charge is -2.15. The van der Waals surface area contributed by atoms with Gasteiger partial charge >= 0.3 is 0 Å². The van der Waals surface area contributed by atoms with Crippen molar-refractivity contribution in [1.82, 2.24) is 0 Å². The lowest BCUT2D eigenvalue weighted by molar-refractivity contribution is 0.628. The fourth-order valence-corrected chi connectivity index (χ4v) is 5.29. The molecular weight excluding hydrogens is 546 g/mol. The highest BCUT2D eigenvalue weighted by atomic mass is 19.1. The van der Waals surface area contributed by atoms with Crippen molar-refractivity contribution in [3.05, 3.63) is 157 Å². The second-order valence-electron chi connectivity index (χ2n) is 10.6. The summed E-state index contributed by atoms with van der Waals surface area (Å²) in [5.41, 5.74) is 8.83. The topological polar surface area (TPSA) is 24.7 Å². The molecule has 214 valence electrons. The summed E-state index contributed by atoms with van der Waals surface area (Å²) in [6.45, 7) is 3.80. The summed E-state index contributed by atoms with van der Waals surface area (Å²) < 4.78 is 30.2. The highest BCUT2D eigenvalue weighted by molar-refractivity contribution is 6.42. The van der Waals surface area contributed by atoms with E-state index in [0.717, 1.165) is 22.3 Å². The van der Waals surface area contributed by atoms with Gasteiger partial charge in [-0.15, -0.1) is 0 Å². The van der Waals surface area contributed by atoms with Gasteiger partial charge in [0.15, 0.2) is 0 Å². The first kappa shape index (κ1) is 28.6. The minimum Gasteiger partial charge on any atom is -0.251 e. The highest BCUT2D eigenvalue weighted by Crippen LogP contribution is 2.42. The summed E-state index contributed by atoms with van der Waals surface area (Å²) in [5, 5.41) is 0. The molecule has 44 heavy (non-hydrogen) atoms. The van der Waals surface area contributed by atoms with Crippen LogP contribution in [0, 0.1) is 11.6 Å². The van der Waals surface area contributed by atoms with Crippen LogP contribution in [0.15, 0.2) is 156 Å². The third kappa shape index (κ3) is 6.16. The highest BCUT2D eigenvalue weighted by Gasteiger charge is 2.17. The molecular formula is C40H30F2N2. The van der Waals surface area contributed by atoms with Crippen molar-refractivity contribution in [2.24, 2.45) is 9.98 Å². The summed E-state index contributed by atoms with van der Waals surface area (Å²) >= 11 is 0. The Bertz CT molecular complexity index is 1700. The van der Waals surface area contributed by atoms with Gasteiger partial charge in [-0.1, -0.05) is 121 Å². The van der Waals surface area contributed by atoms with Gasteiger partial charge in [0, 0.05) is 22.3 Å². The van der Waals surface area contributed by atoms with E-state index >= 15 is 8.78 Å². The maximum absolute atomic E-state index is 15.1. The number of benzene rings is 6. The summed E-state index contributed by atoms with van der Waals surface area (Å²) in [7, 11) is 0. The minimum atomic E-state index is -0.337. The van der Waals surface area contributed by atoms with E-state index in [4.69, 9.17) is 9.98 Å². The van der Waals surface area contributed by atoms with E-state index in [2.05, 4.69) is 0 Å². The van der Waals surface area contributed by atoms with Crippen LogP contribution in [0.3, 0.4) is 0 Å². The first-order valence-electron chi connectivity index (χ1n) is 14.5. The lowest BCUT2D eigenvalue weighted by Crippen LogP contribution is -2.06. The zero-order valence-electron chi connectivity index (χ0n) is 24.5. The van der Waals surface area contributed by atoms with Gasteiger partial charge in [0.2, 0.25) is 0 Å². The van der Waals surface area contributed by atoms with Crippen LogP contribution in [0.1, 0.15) is 13.8 Å². The monoisotopic (exact) mass is 576 g/mol. The SMILES string of the molecule is CC(=Nc1c(-c2ccccc2)cc(F)cc1-c1ccccc1)C(C)=Nc1c(-c2ccccc2)cc(F)cc1-c1ccccc1. The van der Waals surface area contributed by atoms with Crippen LogP contribution in [-0.4, -0.2) is 11.4 Å². The molecule has 0 fully saturated rings. The summed E-state index contributed by atoms with van der Waals surface area (Å²) in [5.74, 6) is -0.674. The number of halogens is 2. The van der Waals surface area contributed by atoms with Gasteiger partial charge in [-0.3, -0.25) is 9.98 Å². The predicted octanol–water partition coefficient (Wildman–Crippen LogP) is 11.5. The number of aliphatic imine (C=N–C) groups is 2. The van der Waals surface area contributed by atoms with Crippen LogP contribution in [0.2, 0.25) is 0 Å². The summed E-state index contributed by atoms with van der Waals surface area (Å²) in [6.07, 6.45) is 0. The largest absolute Gasteiger partial charge is 0.251 e. The molecule has 0 saturated heterocycles. The molecule has 0 aliphatic carbocycles. The van der Waals surface area contributed by atoms with E-state index in [0.29, 0.717) is 45.1 Å². The Kier molecular flexibility index (Phi) is 8.33. The smallest absolute Gasteiger partial charge is 0.124 e. The standard InChI is InChI=1S/C40H30F2N2/c1-27(43-39-35(29-15-7-3-8-16-29)23-33(41)24-36(39)30-17-9-4-10-18-30)28(2)44-40-37(31-19-11-5-12-20-31)25-34(42)26-38(40)32-21-13-6-14-22-32/h3-26H,1-2H3. The molecule has 6 rings (SSSR count). The third-order valence-electron chi connectivity index (χ3n) is 7.57. The molecule has 0 aromatic heterocycles. The molecule has 0 aliphatic rings. The molecule has 0 saturated carbocycles. The molecule has 0 bridgehead atoms. The van der Waals surface area contributed by atoms with Crippen LogP contribution in [0.4, 0.5) is 20.2 Å². The number of nitrogens with zero attached hydrogens (tertiary/aromatic N) is 2. The van der Waals surface area contributed by atoms with Crippen molar-refractivity contribution in [3.63, 3.8) is 0 Å². The van der Waals surface area contributed by atoms with Crippen molar-refractivity contribution < 1.29 is 8.78 Å². The average molecular weight is 577 g/mol. The maximum atomic E-state index is 15.1. The molecule has 0 amide bonds. The van der Waals surface area contributed by atoms with Crippen LogP contribution < -0.4 is 0 Å². The molecule has 0 unspecified atom stereocenters.